The first-order valence-electron chi connectivity index (χ1n) is 5.64. The van der Waals surface area contributed by atoms with Crippen molar-refractivity contribution in [3.05, 3.63) is 15.6 Å². The van der Waals surface area contributed by atoms with Gasteiger partial charge in [-0.2, -0.15) is 0 Å². The Hall–Kier alpha value is -2.36. The highest BCUT2D eigenvalue weighted by molar-refractivity contribution is 7.13. The van der Waals surface area contributed by atoms with Crippen LogP contribution < -0.4 is 21.7 Å². The highest BCUT2D eigenvalue weighted by atomic mass is 32.1. The molecule has 10 heteroatoms. The van der Waals surface area contributed by atoms with Crippen LogP contribution >= 0.6 is 11.3 Å². The summed E-state index contributed by atoms with van der Waals surface area (Å²) in [4.78, 5) is 36.8. The van der Waals surface area contributed by atoms with E-state index < -0.39 is 18.0 Å². The first-order chi connectivity index (χ1) is 9.40. The Kier molecular flexibility index (Phi) is 5.72. The summed E-state index contributed by atoms with van der Waals surface area (Å²) in [5.74, 6) is -1.03. The van der Waals surface area contributed by atoms with Crippen LogP contribution in [-0.2, 0) is 6.54 Å². The zero-order chi connectivity index (χ0) is 15.1. The molecule has 110 valence electrons. The second kappa shape index (κ2) is 7.28. The van der Waals surface area contributed by atoms with Gasteiger partial charge in [0, 0.05) is 13.1 Å². The Morgan fingerprint density at radius 2 is 1.90 bits per heavy atom. The molecule has 6 N–H and O–H groups in total. The van der Waals surface area contributed by atoms with Crippen LogP contribution in [0.2, 0.25) is 0 Å². The van der Waals surface area contributed by atoms with Crippen molar-refractivity contribution in [2.45, 2.75) is 13.5 Å². The fourth-order valence-corrected chi connectivity index (χ4v) is 2.15. The molecule has 0 aliphatic heterocycles. The summed E-state index contributed by atoms with van der Waals surface area (Å²) < 4.78 is 0. The molecule has 0 saturated heterocycles. The number of rotatable bonds is 6. The summed E-state index contributed by atoms with van der Waals surface area (Å²) in [6, 6.07) is -1.10. The van der Waals surface area contributed by atoms with E-state index in [1.165, 1.54) is 0 Å². The van der Waals surface area contributed by atoms with Gasteiger partial charge in [0.25, 0.3) is 0 Å². The number of aryl methyl sites for hydroxylation is 1. The van der Waals surface area contributed by atoms with E-state index in [9.17, 15) is 14.4 Å². The summed E-state index contributed by atoms with van der Waals surface area (Å²) in [5, 5.41) is 16.7. The number of aromatic nitrogens is 1. The smallest absolute Gasteiger partial charge is 0.347 e. The summed E-state index contributed by atoms with van der Waals surface area (Å²) in [7, 11) is 0. The number of carbonyl (C=O) groups is 3. The van der Waals surface area contributed by atoms with E-state index in [0.29, 0.717) is 10.7 Å². The van der Waals surface area contributed by atoms with Crippen LogP contribution in [0.1, 0.15) is 20.4 Å². The molecule has 0 bridgehead atoms. The van der Waals surface area contributed by atoms with Crippen LogP contribution in [0.15, 0.2) is 0 Å². The van der Waals surface area contributed by atoms with Crippen molar-refractivity contribution in [1.82, 2.24) is 20.9 Å². The number of amides is 4. The van der Waals surface area contributed by atoms with Gasteiger partial charge in [0.15, 0.2) is 0 Å². The van der Waals surface area contributed by atoms with Crippen molar-refractivity contribution < 1.29 is 19.5 Å². The van der Waals surface area contributed by atoms with Gasteiger partial charge in [-0.05, 0) is 6.92 Å². The van der Waals surface area contributed by atoms with Gasteiger partial charge in [0.05, 0.1) is 12.2 Å². The van der Waals surface area contributed by atoms with E-state index in [1.807, 2.05) is 0 Å². The van der Waals surface area contributed by atoms with E-state index in [-0.39, 0.29) is 24.5 Å². The van der Waals surface area contributed by atoms with Crippen molar-refractivity contribution in [3.63, 3.8) is 0 Å². The number of hydrogen-bond donors (Lipinski definition) is 5. The molecule has 0 atom stereocenters. The Morgan fingerprint density at radius 1 is 1.25 bits per heavy atom. The third kappa shape index (κ3) is 5.10. The van der Waals surface area contributed by atoms with Gasteiger partial charge in [0.1, 0.15) is 9.88 Å². The van der Waals surface area contributed by atoms with Crippen LogP contribution in [0.4, 0.5) is 9.59 Å². The van der Waals surface area contributed by atoms with Gasteiger partial charge in [-0.3, -0.25) is 0 Å². The zero-order valence-corrected chi connectivity index (χ0v) is 11.5. The molecule has 0 unspecified atom stereocenters. The normalized spacial score (nSPS) is 9.85. The average molecular weight is 301 g/mol. The molecule has 4 amide bonds. The minimum Gasteiger partial charge on any atom is -0.477 e. The monoisotopic (exact) mass is 301 g/mol. The number of carboxylic acids is 1. The van der Waals surface area contributed by atoms with Crippen LogP contribution in [0.3, 0.4) is 0 Å². The molecule has 0 aliphatic rings. The van der Waals surface area contributed by atoms with Crippen molar-refractivity contribution in [2.24, 2.45) is 5.73 Å². The van der Waals surface area contributed by atoms with Gasteiger partial charge in [-0.15, -0.1) is 11.3 Å². The number of carboxylic acid groups (broad SMARTS) is 1. The second-order valence-electron chi connectivity index (χ2n) is 3.73. The molecule has 0 fully saturated rings. The molecule has 0 spiro atoms. The minimum absolute atomic E-state index is 0.133. The Balaban J connectivity index is 2.32. The van der Waals surface area contributed by atoms with Crippen LogP contribution in [0, 0.1) is 6.92 Å². The maximum absolute atomic E-state index is 11.4. The Labute approximate surface area is 118 Å². The molecular weight excluding hydrogens is 286 g/mol. The fraction of sp³-hybridized carbons (Fsp3) is 0.400. The maximum atomic E-state index is 11.4. The van der Waals surface area contributed by atoms with Crippen molar-refractivity contribution in [2.75, 3.05) is 13.1 Å². The predicted molar refractivity (Wildman–Crippen MR) is 71.6 cm³/mol. The molecule has 0 radical (unpaired) electrons. The summed E-state index contributed by atoms with van der Waals surface area (Å²) >= 11 is 1.02. The molecule has 20 heavy (non-hydrogen) atoms. The zero-order valence-electron chi connectivity index (χ0n) is 10.7. The van der Waals surface area contributed by atoms with E-state index in [2.05, 4.69) is 20.9 Å². The van der Waals surface area contributed by atoms with Crippen LogP contribution in [0.5, 0.6) is 0 Å². The molecule has 9 nitrogen and oxygen atoms in total. The number of hydrogen-bond acceptors (Lipinski definition) is 5. The first-order valence-corrected chi connectivity index (χ1v) is 6.46. The van der Waals surface area contributed by atoms with Gasteiger partial charge in [-0.1, -0.05) is 0 Å². The number of primary amides is 1. The SMILES string of the molecule is Cc1nc(CNC(=O)NCCNC(N)=O)sc1C(=O)O. The number of thiazole rings is 1. The lowest BCUT2D eigenvalue weighted by molar-refractivity contribution is 0.0701. The number of aromatic carboxylic acids is 1. The average Bonchev–Trinajstić information content (AvgIpc) is 2.73. The first kappa shape index (κ1) is 15.7. The lowest BCUT2D eigenvalue weighted by atomic mass is 10.4. The van der Waals surface area contributed by atoms with Gasteiger partial charge in [-0.25, -0.2) is 19.4 Å². The topological polar surface area (TPSA) is 146 Å². The van der Waals surface area contributed by atoms with E-state index in [4.69, 9.17) is 10.8 Å². The molecule has 1 aromatic heterocycles. The molecule has 1 heterocycles. The number of carbonyl (C=O) groups excluding carboxylic acids is 2. The third-order valence-corrected chi connectivity index (χ3v) is 3.29. The van der Waals surface area contributed by atoms with E-state index in [0.717, 1.165) is 11.3 Å². The molecule has 0 aromatic carbocycles. The molecule has 0 aliphatic carbocycles. The molecule has 0 saturated carbocycles. The quantitative estimate of drug-likeness (QED) is 0.454. The Bertz CT molecular complexity index is 516. The molecule has 1 aromatic rings. The summed E-state index contributed by atoms with van der Waals surface area (Å²) in [6.07, 6.45) is 0. The van der Waals surface area contributed by atoms with Crippen LogP contribution in [0.25, 0.3) is 0 Å². The number of nitrogens with one attached hydrogen (secondary N) is 3. The molecule has 1 rings (SSSR count). The van der Waals surface area contributed by atoms with E-state index in [1.54, 1.807) is 6.92 Å². The van der Waals surface area contributed by atoms with Crippen molar-refractivity contribution >= 4 is 29.4 Å². The standard InChI is InChI=1S/C10H15N5O4S/c1-5-7(8(16)17)20-6(15-5)4-14-10(19)13-3-2-12-9(11)18/h2-4H2,1H3,(H,16,17)(H3,11,12,18)(H2,13,14,19). The number of nitrogens with zero attached hydrogens (tertiary/aromatic N) is 1. The van der Waals surface area contributed by atoms with Gasteiger partial charge >= 0.3 is 18.0 Å². The number of nitrogens with two attached hydrogens (primary N) is 1. The van der Waals surface area contributed by atoms with Crippen molar-refractivity contribution in [3.8, 4) is 0 Å². The highest BCUT2D eigenvalue weighted by Crippen LogP contribution is 2.17. The maximum Gasteiger partial charge on any atom is 0.347 e. The van der Waals surface area contributed by atoms with Gasteiger partial charge < -0.3 is 26.8 Å². The van der Waals surface area contributed by atoms with Crippen molar-refractivity contribution in [1.29, 1.82) is 0 Å². The third-order valence-electron chi connectivity index (χ3n) is 2.15. The highest BCUT2D eigenvalue weighted by Gasteiger charge is 2.14. The predicted octanol–water partition coefficient (Wildman–Crippen LogP) is -0.383. The largest absolute Gasteiger partial charge is 0.477 e. The molecular formula is C10H15N5O4S. The number of urea groups is 2. The van der Waals surface area contributed by atoms with E-state index >= 15 is 0 Å². The summed E-state index contributed by atoms with van der Waals surface area (Å²) in [6.45, 7) is 2.18. The van der Waals surface area contributed by atoms with Crippen LogP contribution in [-0.4, -0.2) is 41.2 Å². The lowest BCUT2D eigenvalue weighted by Crippen LogP contribution is -2.41. The Morgan fingerprint density at radius 3 is 2.45 bits per heavy atom. The lowest BCUT2D eigenvalue weighted by Gasteiger charge is -2.06. The summed E-state index contributed by atoms with van der Waals surface area (Å²) in [5.41, 5.74) is 5.27. The van der Waals surface area contributed by atoms with Gasteiger partial charge in [0.2, 0.25) is 0 Å². The fourth-order valence-electron chi connectivity index (χ4n) is 1.31. The second-order valence-corrected chi connectivity index (χ2v) is 4.81. The minimum atomic E-state index is -1.03.